The van der Waals surface area contributed by atoms with Crippen LogP contribution in [0.5, 0.6) is 0 Å². The summed E-state index contributed by atoms with van der Waals surface area (Å²) in [6.45, 7) is 5.61. The summed E-state index contributed by atoms with van der Waals surface area (Å²) < 4.78 is 0. The Morgan fingerprint density at radius 3 is 2.59 bits per heavy atom. The molecular formula is C18H26ClN3. The third kappa shape index (κ3) is 4.59. The normalized spacial score (nSPS) is 11.3. The monoisotopic (exact) mass is 319 g/mol. The number of benzene rings is 1. The second-order valence-corrected chi connectivity index (χ2v) is 6.36. The molecule has 22 heavy (non-hydrogen) atoms. The minimum Gasteiger partial charge on any atom is -0.374 e. The molecule has 0 unspecified atom stereocenters. The average Bonchev–Trinajstić information content (AvgIpc) is 2.51. The van der Waals surface area contributed by atoms with Crippen LogP contribution in [-0.2, 0) is 0 Å². The van der Waals surface area contributed by atoms with Crippen molar-refractivity contribution in [1.82, 2.24) is 9.88 Å². The number of hydrogen-bond acceptors (Lipinski definition) is 3. The van der Waals surface area contributed by atoms with E-state index in [1.807, 2.05) is 18.3 Å². The molecule has 0 amide bonds. The Morgan fingerprint density at radius 2 is 1.82 bits per heavy atom. The van der Waals surface area contributed by atoms with Crippen LogP contribution < -0.4 is 4.90 Å². The smallest absolute Gasteiger partial charge is 0.0737 e. The molecule has 0 saturated heterocycles. The van der Waals surface area contributed by atoms with Crippen LogP contribution in [0, 0.1) is 0 Å². The highest BCUT2D eigenvalue weighted by Crippen LogP contribution is 2.26. The zero-order chi connectivity index (χ0) is 15.9. The van der Waals surface area contributed by atoms with E-state index in [0.717, 1.165) is 35.4 Å². The van der Waals surface area contributed by atoms with Crippen LogP contribution in [-0.4, -0.2) is 43.6 Å². The highest BCUT2D eigenvalue weighted by atomic mass is 35.5. The maximum absolute atomic E-state index is 6.05. The van der Waals surface area contributed by atoms with Crippen LogP contribution in [0.25, 0.3) is 10.9 Å². The van der Waals surface area contributed by atoms with Gasteiger partial charge in [-0.1, -0.05) is 24.9 Å². The molecule has 0 aliphatic carbocycles. The van der Waals surface area contributed by atoms with Gasteiger partial charge in [-0.25, -0.2) is 0 Å². The molecule has 0 aliphatic rings. The molecule has 0 spiro atoms. The van der Waals surface area contributed by atoms with Gasteiger partial charge in [0, 0.05) is 35.9 Å². The summed E-state index contributed by atoms with van der Waals surface area (Å²) in [5.41, 5.74) is 2.18. The van der Waals surface area contributed by atoms with Gasteiger partial charge in [0.1, 0.15) is 0 Å². The number of hydrogen-bond donors (Lipinski definition) is 0. The number of fused-ring (bicyclic) bond motifs is 1. The van der Waals surface area contributed by atoms with E-state index < -0.39 is 0 Å². The first-order valence-corrected chi connectivity index (χ1v) is 8.43. The molecule has 0 radical (unpaired) electrons. The lowest BCUT2D eigenvalue weighted by molar-refractivity contribution is 0.325. The molecule has 0 saturated carbocycles. The van der Waals surface area contributed by atoms with Crippen LogP contribution in [0.2, 0.25) is 5.02 Å². The van der Waals surface area contributed by atoms with Crippen molar-refractivity contribution in [3.63, 3.8) is 0 Å². The summed E-state index contributed by atoms with van der Waals surface area (Å²) in [7, 11) is 4.36. The molecule has 0 bridgehead atoms. The summed E-state index contributed by atoms with van der Waals surface area (Å²) in [6.07, 6.45) is 5.56. The van der Waals surface area contributed by atoms with Crippen LogP contribution in [0.15, 0.2) is 30.5 Å². The van der Waals surface area contributed by atoms with E-state index in [4.69, 9.17) is 11.6 Å². The number of aromatic nitrogens is 1. The lowest BCUT2D eigenvalue weighted by atomic mass is 10.1. The molecule has 0 fully saturated rings. The van der Waals surface area contributed by atoms with Gasteiger partial charge in [-0.15, -0.1) is 0 Å². The first kappa shape index (κ1) is 17.0. The number of unbranched alkanes of at least 4 members (excludes halogenated alkanes) is 1. The van der Waals surface area contributed by atoms with Gasteiger partial charge in [-0.3, -0.25) is 4.98 Å². The second-order valence-electron chi connectivity index (χ2n) is 5.92. The van der Waals surface area contributed by atoms with Crippen molar-refractivity contribution in [2.24, 2.45) is 0 Å². The zero-order valence-electron chi connectivity index (χ0n) is 13.8. The predicted molar refractivity (Wildman–Crippen MR) is 97.0 cm³/mol. The number of nitrogens with zero attached hydrogens (tertiary/aromatic N) is 3. The number of halogens is 1. The molecule has 4 heteroatoms. The molecule has 2 rings (SSSR count). The number of pyridine rings is 1. The summed E-state index contributed by atoms with van der Waals surface area (Å²) in [4.78, 5) is 9.14. The summed E-state index contributed by atoms with van der Waals surface area (Å²) in [6, 6.07) is 8.00. The quantitative estimate of drug-likeness (QED) is 0.716. The van der Waals surface area contributed by atoms with Gasteiger partial charge in [-0.05, 0) is 57.2 Å². The van der Waals surface area contributed by atoms with E-state index in [1.165, 1.54) is 25.1 Å². The molecule has 0 aliphatic heterocycles. The molecule has 1 aromatic heterocycles. The number of rotatable bonds is 8. The Bertz CT molecular complexity index is 600. The van der Waals surface area contributed by atoms with Crippen molar-refractivity contribution in [2.75, 3.05) is 38.6 Å². The van der Waals surface area contributed by atoms with Crippen molar-refractivity contribution < 1.29 is 0 Å². The van der Waals surface area contributed by atoms with Crippen molar-refractivity contribution in [3.05, 3.63) is 35.5 Å². The third-order valence-electron chi connectivity index (χ3n) is 4.02. The molecular weight excluding hydrogens is 294 g/mol. The maximum atomic E-state index is 6.05. The number of anilines is 1. The lowest BCUT2D eigenvalue weighted by Crippen LogP contribution is -2.26. The fraction of sp³-hybridized carbons (Fsp3) is 0.500. The zero-order valence-corrected chi connectivity index (χ0v) is 14.6. The average molecular weight is 320 g/mol. The molecule has 1 heterocycles. The molecule has 1 aromatic carbocycles. The third-order valence-corrected chi connectivity index (χ3v) is 4.25. The lowest BCUT2D eigenvalue weighted by Gasteiger charge is -2.23. The fourth-order valence-electron chi connectivity index (χ4n) is 2.68. The van der Waals surface area contributed by atoms with Crippen molar-refractivity contribution in [2.45, 2.75) is 26.2 Å². The van der Waals surface area contributed by atoms with Gasteiger partial charge in [0.25, 0.3) is 0 Å². The van der Waals surface area contributed by atoms with E-state index in [-0.39, 0.29) is 0 Å². The Balaban J connectivity index is 1.97. The molecule has 0 N–H and O–H groups in total. The van der Waals surface area contributed by atoms with E-state index in [1.54, 1.807) is 0 Å². The van der Waals surface area contributed by atoms with Gasteiger partial charge in [-0.2, -0.15) is 0 Å². The van der Waals surface area contributed by atoms with Gasteiger partial charge in [0.05, 0.1) is 5.52 Å². The second kappa shape index (κ2) is 8.35. The van der Waals surface area contributed by atoms with E-state index in [0.29, 0.717) is 0 Å². The van der Waals surface area contributed by atoms with Gasteiger partial charge >= 0.3 is 0 Å². The Kier molecular flexibility index (Phi) is 6.47. The van der Waals surface area contributed by atoms with Gasteiger partial charge < -0.3 is 9.80 Å². The first-order valence-electron chi connectivity index (χ1n) is 8.05. The van der Waals surface area contributed by atoms with Crippen LogP contribution in [0.3, 0.4) is 0 Å². The largest absolute Gasteiger partial charge is 0.374 e. The molecule has 3 nitrogen and oxygen atoms in total. The Labute approximate surface area is 138 Å². The van der Waals surface area contributed by atoms with E-state index in [2.05, 4.69) is 47.9 Å². The highest BCUT2D eigenvalue weighted by Gasteiger charge is 2.07. The fourth-order valence-corrected chi connectivity index (χ4v) is 2.84. The van der Waals surface area contributed by atoms with Crippen molar-refractivity contribution in [3.8, 4) is 0 Å². The minimum absolute atomic E-state index is 0.734. The Hall–Kier alpha value is -1.32. The highest BCUT2D eigenvalue weighted by molar-refractivity contribution is 6.31. The molecule has 120 valence electrons. The minimum atomic E-state index is 0.734. The summed E-state index contributed by atoms with van der Waals surface area (Å²) in [5, 5.41) is 1.89. The van der Waals surface area contributed by atoms with Crippen LogP contribution >= 0.6 is 11.6 Å². The maximum Gasteiger partial charge on any atom is 0.0737 e. The van der Waals surface area contributed by atoms with E-state index in [9.17, 15) is 0 Å². The van der Waals surface area contributed by atoms with Crippen LogP contribution in [0.4, 0.5) is 5.69 Å². The molecule has 0 atom stereocenters. The van der Waals surface area contributed by atoms with Gasteiger partial charge in [0.15, 0.2) is 0 Å². The SMILES string of the molecule is CCCCN(C)CCCN(C)c1ccnc2cc(Cl)ccc12. The topological polar surface area (TPSA) is 19.4 Å². The van der Waals surface area contributed by atoms with Gasteiger partial charge in [0.2, 0.25) is 0 Å². The summed E-state index contributed by atoms with van der Waals surface area (Å²) >= 11 is 6.05. The van der Waals surface area contributed by atoms with Crippen molar-refractivity contribution >= 4 is 28.2 Å². The first-order chi connectivity index (χ1) is 10.6. The standard InChI is InChI=1S/C18H26ClN3/c1-4-5-11-21(2)12-6-13-22(3)18-9-10-20-17-14-15(19)7-8-16(17)18/h7-10,14H,4-6,11-13H2,1-3H3. The summed E-state index contributed by atoms with van der Waals surface area (Å²) in [5.74, 6) is 0. The predicted octanol–water partition coefficient (Wildman–Crippen LogP) is 4.45. The molecule has 2 aromatic rings. The van der Waals surface area contributed by atoms with Crippen molar-refractivity contribution in [1.29, 1.82) is 0 Å². The Morgan fingerprint density at radius 1 is 1.05 bits per heavy atom. The van der Waals surface area contributed by atoms with E-state index >= 15 is 0 Å². The van der Waals surface area contributed by atoms with Crippen LogP contribution in [0.1, 0.15) is 26.2 Å².